The zero-order chi connectivity index (χ0) is 38.8. The van der Waals surface area contributed by atoms with E-state index in [9.17, 15) is 50.2 Å². The van der Waals surface area contributed by atoms with Crippen molar-refractivity contribution < 1.29 is 70.0 Å². The van der Waals surface area contributed by atoms with Crippen molar-refractivity contribution in [2.45, 2.75) is 50.2 Å². The number of likely N-dealkylation sites (tertiary alicyclic amines) is 1. The smallest absolute Gasteiger partial charge is 0.480 e. The highest BCUT2D eigenvalue weighted by Crippen LogP contribution is 2.37. The fraction of sp³-hybridized carbons (Fsp3) is 0.379. The summed E-state index contributed by atoms with van der Waals surface area (Å²) in [5.74, 6) is -9.21. The number of carboxylic acids is 3. The Bertz CT molecular complexity index is 1630. The van der Waals surface area contributed by atoms with Crippen molar-refractivity contribution in [2.75, 3.05) is 18.4 Å². The Morgan fingerprint density at radius 1 is 0.922 bits per heavy atom. The number of carboxylic acid groups (broad SMARTS) is 3. The second-order valence-electron chi connectivity index (χ2n) is 10.9. The van der Waals surface area contributed by atoms with E-state index in [2.05, 4.69) is 15.6 Å². The molecule has 14 nitrogen and oxygen atoms in total. The first kappa shape index (κ1) is 42.0. The maximum Gasteiger partial charge on any atom is 0.490 e. The summed E-state index contributed by atoms with van der Waals surface area (Å²) < 4.78 is 77.2. The van der Waals surface area contributed by atoms with Crippen molar-refractivity contribution in [1.82, 2.24) is 10.2 Å². The summed E-state index contributed by atoms with van der Waals surface area (Å²) in [6.45, 7) is 1.45. The van der Waals surface area contributed by atoms with E-state index < -0.39 is 60.0 Å². The molecule has 0 aromatic heterocycles. The van der Waals surface area contributed by atoms with Gasteiger partial charge in [0.1, 0.15) is 11.9 Å². The average Bonchev–Trinajstić information content (AvgIpc) is 3.61. The van der Waals surface area contributed by atoms with Crippen LogP contribution in [0, 0.1) is 11.7 Å². The molecule has 4 rings (SSSR count). The molecule has 0 spiro atoms. The number of carbonyl (C=O) groups is 5. The number of nitrogens with one attached hydrogen (secondary N) is 2. The van der Waals surface area contributed by atoms with Gasteiger partial charge >= 0.3 is 42.1 Å². The largest absolute Gasteiger partial charge is 0.490 e. The number of hydrogen-bond donors (Lipinski definition) is 7. The maximum absolute atomic E-state index is 13.7. The normalized spacial score (nSPS) is 18.2. The van der Waals surface area contributed by atoms with Gasteiger partial charge in [-0.05, 0) is 60.7 Å². The van der Waals surface area contributed by atoms with E-state index in [0.717, 1.165) is 29.2 Å². The molecule has 0 bridgehead atoms. The highest BCUT2D eigenvalue weighted by Gasteiger charge is 2.39. The summed E-state index contributed by atoms with van der Waals surface area (Å²) in [4.78, 5) is 60.6. The Balaban J connectivity index is 0.000000543. The van der Waals surface area contributed by atoms with Gasteiger partial charge in [0.05, 0.1) is 11.1 Å². The number of aliphatic carboxylic acids is 3. The zero-order valence-corrected chi connectivity index (χ0v) is 26.7. The Hall–Kier alpha value is -5.18. The molecule has 280 valence electrons. The monoisotopic (exact) mass is 758 g/mol. The minimum Gasteiger partial charge on any atom is -0.480 e. The molecule has 3 atom stereocenters. The van der Waals surface area contributed by atoms with Gasteiger partial charge < -0.3 is 37.4 Å². The van der Waals surface area contributed by atoms with Crippen LogP contribution in [0.5, 0.6) is 0 Å². The van der Waals surface area contributed by atoms with Crippen LogP contribution in [0.3, 0.4) is 0 Å². The van der Waals surface area contributed by atoms with Crippen LogP contribution in [0.2, 0.25) is 5.02 Å². The van der Waals surface area contributed by atoms with Crippen LogP contribution in [0.4, 0.5) is 36.4 Å². The molecule has 2 aromatic carbocycles. The second-order valence-corrected chi connectivity index (χ2v) is 11.3. The molecule has 0 saturated carbocycles. The first-order valence-electron chi connectivity index (χ1n) is 14.3. The van der Waals surface area contributed by atoms with Crippen molar-refractivity contribution in [3.8, 4) is 0 Å². The first-order valence-corrected chi connectivity index (χ1v) is 14.7. The predicted octanol–water partition coefficient (Wildman–Crippen LogP) is 3.04. The summed E-state index contributed by atoms with van der Waals surface area (Å²) >= 11 is 5.66. The van der Waals surface area contributed by atoms with Crippen LogP contribution >= 0.6 is 11.6 Å². The molecular weight excluding hydrogens is 729 g/mol. The lowest BCUT2D eigenvalue weighted by molar-refractivity contribution is -0.193. The van der Waals surface area contributed by atoms with Crippen molar-refractivity contribution in [3.63, 3.8) is 0 Å². The number of nitrogens with zero attached hydrogens (tertiary/aromatic N) is 2. The van der Waals surface area contributed by atoms with Gasteiger partial charge in [0, 0.05) is 24.7 Å². The van der Waals surface area contributed by atoms with E-state index in [1.54, 1.807) is 0 Å². The van der Waals surface area contributed by atoms with Crippen molar-refractivity contribution in [2.24, 2.45) is 22.4 Å². The number of fused-ring (bicyclic) bond motifs is 1. The summed E-state index contributed by atoms with van der Waals surface area (Å²) in [6.07, 6.45) is -8.15. The fourth-order valence-electron chi connectivity index (χ4n) is 4.98. The third-order valence-corrected chi connectivity index (χ3v) is 7.50. The summed E-state index contributed by atoms with van der Waals surface area (Å²) in [5.41, 5.74) is 13.9. The Labute approximate surface area is 288 Å². The van der Waals surface area contributed by atoms with Crippen molar-refractivity contribution in [3.05, 3.63) is 63.9 Å². The van der Waals surface area contributed by atoms with E-state index in [-0.39, 0.29) is 29.1 Å². The maximum atomic E-state index is 13.7. The van der Waals surface area contributed by atoms with Crippen LogP contribution in [0.1, 0.15) is 35.6 Å². The number of anilines is 1. The highest BCUT2D eigenvalue weighted by molar-refractivity contribution is 6.39. The van der Waals surface area contributed by atoms with Gasteiger partial charge in [-0.2, -0.15) is 26.3 Å². The molecule has 22 heteroatoms. The molecule has 1 aliphatic heterocycles. The number of nitrogens with two attached hydrogens (primary N) is 2. The van der Waals surface area contributed by atoms with Gasteiger partial charge in [-0.25, -0.2) is 14.0 Å². The van der Waals surface area contributed by atoms with Crippen LogP contribution < -0.4 is 22.1 Å². The lowest BCUT2D eigenvalue weighted by Crippen LogP contribution is -2.40. The fourth-order valence-corrected chi connectivity index (χ4v) is 5.10. The van der Waals surface area contributed by atoms with Crippen molar-refractivity contribution >= 4 is 53.0 Å². The summed E-state index contributed by atoms with van der Waals surface area (Å²) in [5, 5.41) is 28.7. The Kier molecular flexibility index (Phi) is 14.5. The lowest BCUT2D eigenvalue weighted by Gasteiger charge is -2.22. The molecule has 1 aliphatic carbocycles. The number of halogens is 8. The Morgan fingerprint density at radius 2 is 1.51 bits per heavy atom. The van der Waals surface area contributed by atoms with E-state index in [1.807, 2.05) is 23.1 Å². The van der Waals surface area contributed by atoms with Gasteiger partial charge in [-0.1, -0.05) is 29.8 Å². The summed E-state index contributed by atoms with van der Waals surface area (Å²) in [6, 6.07) is 8.43. The van der Waals surface area contributed by atoms with Crippen LogP contribution in [0.15, 0.2) is 41.4 Å². The SMILES string of the molecule is NC(N)=NC[C@H]1Cc2cc(CN3CCC[C@H]3C(=O)O)ccc2[C@@H]1NC(=O)C(=O)Nc1ccc(Cl)c(F)c1.O=C(O)C(F)(F)F.O=C(O)C(F)(F)F. The molecule has 0 radical (unpaired) electrons. The van der Waals surface area contributed by atoms with Crippen LogP contribution in [0.25, 0.3) is 0 Å². The number of hydrogen-bond acceptors (Lipinski definition) is 7. The average molecular weight is 759 g/mol. The van der Waals surface area contributed by atoms with Gasteiger partial charge in [-0.15, -0.1) is 0 Å². The first-order chi connectivity index (χ1) is 23.5. The van der Waals surface area contributed by atoms with Crippen LogP contribution in [-0.2, 0) is 36.9 Å². The zero-order valence-electron chi connectivity index (χ0n) is 25.9. The lowest BCUT2D eigenvalue weighted by atomic mass is 10.00. The molecule has 51 heavy (non-hydrogen) atoms. The van der Waals surface area contributed by atoms with Gasteiger partial charge in [0.25, 0.3) is 0 Å². The number of amides is 2. The molecular formula is C29H30ClF7N6O8. The molecule has 1 fully saturated rings. The Morgan fingerprint density at radius 3 is 2.02 bits per heavy atom. The van der Waals surface area contributed by atoms with Crippen LogP contribution in [-0.4, -0.2) is 87.4 Å². The number of benzene rings is 2. The third kappa shape index (κ3) is 12.9. The van der Waals surface area contributed by atoms with E-state index >= 15 is 0 Å². The topological polar surface area (TPSA) is 238 Å². The number of carbonyl (C=O) groups excluding carboxylic acids is 2. The van der Waals surface area contributed by atoms with E-state index in [4.69, 9.17) is 42.9 Å². The molecule has 2 aliphatic rings. The van der Waals surface area contributed by atoms with Gasteiger partial charge in [0.2, 0.25) is 0 Å². The standard InChI is InChI=1S/C25H28ClFN6O4.2C2HF3O2/c26-18-6-4-16(10-19(18)27)31-22(34)23(35)32-21-15(11-30-25(28)29)9-14-8-13(3-5-17(14)21)12-33-7-1-2-20(33)24(36)37;2*3-2(4,5)1(6)7/h3-6,8,10,15,20-21H,1-2,7,9,11-12H2,(H,31,34)(H,32,35)(H,36,37)(H4,28,29,30);2*(H,6,7)/t15-,20+,21-;;/m1../s1. The van der Waals surface area contributed by atoms with E-state index in [0.29, 0.717) is 25.9 Å². The highest BCUT2D eigenvalue weighted by atomic mass is 35.5. The molecule has 1 heterocycles. The number of rotatable bonds is 7. The molecule has 9 N–H and O–H groups in total. The number of alkyl halides is 6. The van der Waals surface area contributed by atoms with Crippen molar-refractivity contribution in [1.29, 1.82) is 0 Å². The number of guanidine groups is 1. The minimum absolute atomic E-state index is 0.0852. The molecule has 2 aromatic rings. The summed E-state index contributed by atoms with van der Waals surface area (Å²) in [7, 11) is 0. The van der Waals surface area contributed by atoms with E-state index in [1.165, 1.54) is 12.1 Å². The van der Waals surface area contributed by atoms with Gasteiger partial charge in [-0.3, -0.25) is 24.3 Å². The van der Waals surface area contributed by atoms with Gasteiger partial charge in [0.15, 0.2) is 5.96 Å². The minimum atomic E-state index is -5.08. The predicted molar refractivity (Wildman–Crippen MR) is 164 cm³/mol. The molecule has 2 amide bonds. The number of aliphatic imine (C=N–C) groups is 1. The quantitative estimate of drug-likeness (QED) is 0.0938. The third-order valence-electron chi connectivity index (χ3n) is 7.19. The molecule has 1 saturated heterocycles. The second kappa shape index (κ2) is 17.7. The molecule has 0 unspecified atom stereocenters.